The molecule has 0 bridgehead atoms. The average Bonchev–Trinajstić information content (AvgIpc) is 2.69. The normalized spacial score (nSPS) is 21.4. The number of rotatable bonds is 8. The maximum Gasteiger partial charge on any atom is 0.319 e. The van der Waals surface area contributed by atoms with Gasteiger partial charge in [0.15, 0.2) is 0 Å². The highest BCUT2D eigenvalue weighted by Gasteiger charge is 2.34. The molecule has 1 aromatic rings. The van der Waals surface area contributed by atoms with Gasteiger partial charge in [-0.15, -0.1) is 0 Å². The van der Waals surface area contributed by atoms with Gasteiger partial charge in [0, 0.05) is 24.1 Å². The Labute approximate surface area is 178 Å². The van der Waals surface area contributed by atoms with Crippen molar-refractivity contribution in [2.24, 2.45) is 5.73 Å². The monoisotopic (exact) mass is 434 g/mol. The smallest absolute Gasteiger partial charge is 0.319 e. The van der Waals surface area contributed by atoms with Crippen molar-refractivity contribution in [1.29, 1.82) is 0 Å². The second kappa shape index (κ2) is 10.5. The van der Waals surface area contributed by atoms with Crippen LogP contribution in [0.25, 0.3) is 0 Å². The van der Waals surface area contributed by atoms with E-state index < -0.39 is 48.1 Å². The van der Waals surface area contributed by atoms with E-state index >= 15 is 0 Å². The summed E-state index contributed by atoms with van der Waals surface area (Å²) in [6.45, 7) is 1.89. The van der Waals surface area contributed by atoms with Crippen molar-refractivity contribution in [3.05, 3.63) is 41.5 Å². The minimum Gasteiger partial charge on any atom is -0.481 e. The Kier molecular flexibility index (Phi) is 8.11. The Balaban J connectivity index is 2.07. The van der Waals surface area contributed by atoms with Gasteiger partial charge in [0.1, 0.15) is 12.1 Å². The molecule has 0 saturated carbocycles. The van der Waals surface area contributed by atoms with Gasteiger partial charge in [-0.1, -0.05) is 23.8 Å². The van der Waals surface area contributed by atoms with Gasteiger partial charge in [0.2, 0.25) is 11.8 Å². The first-order valence-electron chi connectivity index (χ1n) is 9.59. The van der Waals surface area contributed by atoms with E-state index in [-0.39, 0.29) is 24.8 Å². The largest absolute Gasteiger partial charge is 0.481 e. The van der Waals surface area contributed by atoms with Gasteiger partial charge < -0.3 is 37.0 Å². The predicted molar refractivity (Wildman–Crippen MR) is 110 cm³/mol. The lowest BCUT2D eigenvalue weighted by molar-refractivity contribution is -0.137. The Bertz CT molecular complexity index is 869. The number of hydrogen-bond acceptors (Lipinski definition) is 6. The van der Waals surface area contributed by atoms with Crippen LogP contribution in [0.1, 0.15) is 24.8 Å². The highest BCUT2D eigenvalue weighted by atomic mass is 16.4. The number of carboxylic acid groups (broad SMARTS) is 1. The van der Waals surface area contributed by atoms with E-state index in [0.717, 1.165) is 5.56 Å². The summed E-state index contributed by atoms with van der Waals surface area (Å²) in [6.07, 6.45) is -2.24. The van der Waals surface area contributed by atoms with E-state index in [1.807, 2.05) is 6.92 Å². The number of nitrogens with one attached hydrogen (secondary N) is 3. The van der Waals surface area contributed by atoms with Crippen molar-refractivity contribution in [2.75, 3.05) is 5.32 Å². The van der Waals surface area contributed by atoms with Crippen LogP contribution < -0.4 is 21.7 Å². The molecule has 4 amide bonds. The van der Waals surface area contributed by atoms with Crippen LogP contribution in [0.15, 0.2) is 35.9 Å². The third kappa shape index (κ3) is 7.08. The number of anilines is 1. The molecule has 1 aliphatic carbocycles. The van der Waals surface area contributed by atoms with Gasteiger partial charge in [-0.2, -0.15) is 0 Å². The zero-order chi connectivity index (χ0) is 23.1. The number of carbonyl (C=O) groups is 4. The molecule has 8 N–H and O–H groups in total. The van der Waals surface area contributed by atoms with Crippen LogP contribution in [0.4, 0.5) is 10.5 Å². The molecule has 1 aliphatic rings. The van der Waals surface area contributed by atoms with E-state index in [1.165, 1.54) is 6.08 Å². The number of aliphatic hydroxyl groups is 2. The van der Waals surface area contributed by atoms with Crippen LogP contribution in [-0.2, 0) is 14.4 Å². The average molecular weight is 434 g/mol. The lowest BCUT2D eigenvalue weighted by Crippen LogP contribution is -2.53. The Morgan fingerprint density at radius 3 is 2.39 bits per heavy atom. The number of aliphatic carboxylic acids is 1. The zero-order valence-corrected chi connectivity index (χ0v) is 16.9. The van der Waals surface area contributed by atoms with Crippen molar-refractivity contribution >= 4 is 29.5 Å². The first-order chi connectivity index (χ1) is 14.6. The van der Waals surface area contributed by atoms with Crippen LogP contribution in [0.3, 0.4) is 0 Å². The van der Waals surface area contributed by atoms with Gasteiger partial charge in [-0.3, -0.25) is 14.4 Å². The van der Waals surface area contributed by atoms with E-state index in [9.17, 15) is 29.4 Å². The van der Waals surface area contributed by atoms with Crippen LogP contribution in [0.2, 0.25) is 0 Å². The summed E-state index contributed by atoms with van der Waals surface area (Å²) in [4.78, 5) is 47.0. The number of hydrogen-bond donors (Lipinski definition) is 7. The fourth-order valence-electron chi connectivity index (χ4n) is 3.02. The van der Waals surface area contributed by atoms with Crippen molar-refractivity contribution in [2.45, 2.75) is 50.5 Å². The fourth-order valence-corrected chi connectivity index (χ4v) is 3.02. The molecule has 0 saturated heterocycles. The SMILES string of the molecule is Cc1ccc(NC(=O)N[C@H]2C=C(C(=O)N[C@@H](CCC(=O)O)C(N)=O)C[C@@H](O)[C@@H]2O)cc1. The third-order valence-corrected chi connectivity index (χ3v) is 4.77. The van der Waals surface area contributed by atoms with Gasteiger partial charge >= 0.3 is 12.0 Å². The molecule has 0 spiro atoms. The molecule has 31 heavy (non-hydrogen) atoms. The number of aliphatic hydroxyl groups excluding tert-OH is 2. The Morgan fingerprint density at radius 1 is 1.16 bits per heavy atom. The van der Waals surface area contributed by atoms with E-state index in [0.29, 0.717) is 5.69 Å². The topological polar surface area (TPSA) is 191 Å². The molecule has 168 valence electrons. The number of nitrogens with two attached hydrogens (primary N) is 1. The minimum atomic E-state index is -1.36. The molecule has 4 atom stereocenters. The summed E-state index contributed by atoms with van der Waals surface area (Å²) in [5.74, 6) is -2.82. The quantitative estimate of drug-likeness (QED) is 0.283. The Hall–Kier alpha value is -3.44. The van der Waals surface area contributed by atoms with Crippen LogP contribution in [0, 0.1) is 6.92 Å². The minimum absolute atomic E-state index is 0.0139. The summed E-state index contributed by atoms with van der Waals surface area (Å²) in [7, 11) is 0. The summed E-state index contributed by atoms with van der Waals surface area (Å²) < 4.78 is 0. The molecule has 11 heteroatoms. The number of urea groups is 1. The molecule has 0 aromatic heterocycles. The summed E-state index contributed by atoms with van der Waals surface area (Å²) in [5.41, 5.74) is 6.74. The van der Waals surface area contributed by atoms with Gasteiger partial charge in [-0.25, -0.2) is 4.79 Å². The lowest BCUT2D eigenvalue weighted by Gasteiger charge is -2.31. The molecule has 0 unspecified atom stereocenters. The van der Waals surface area contributed by atoms with Gasteiger partial charge in [-0.05, 0) is 25.5 Å². The summed E-state index contributed by atoms with van der Waals surface area (Å²) >= 11 is 0. The standard InChI is InChI=1S/C20H26N4O7/c1-10-2-4-12(5-3-10)22-20(31)24-14-8-11(9-15(25)17(14)28)19(30)23-13(18(21)29)6-7-16(26)27/h2-5,8,13-15,17,25,28H,6-7,9H2,1H3,(H2,21,29)(H,23,30)(H,26,27)(H2,22,24,31)/t13-,14-,15+,17+/m0/s1. The number of carbonyl (C=O) groups excluding carboxylic acids is 3. The van der Waals surface area contributed by atoms with Gasteiger partial charge in [0.05, 0.1) is 12.1 Å². The van der Waals surface area contributed by atoms with Crippen molar-refractivity contribution in [3.63, 3.8) is 0 Å². The number of benzene rings is 1. The maximum absolute atomic E-state index is 12.5. The van der Waals surface area contributed by atoms with Crippen LogP contribution in [-0.4, -0.2) is 63.4 Å². The van der Waals surface area contributed by atoms with Crippen LogP contribution in [0.5, 0.6) is 0 Å². The first kappa shape index (κ1) is 23.8. The highest BCUT2D eigenvalue weighted by molar-refractivity contribution is 5.97. The maximum atomic E-state index is 12.5. The molecule has 0 fully saturated rings. The molecular weight excluding hydrogens is 408 g/mol. The lowest BCUT2D eigenvalue weighted by atomic mass is 9.90. The number of aryl methyl sites for hydroxylation is 1. The van der Waals surface area contributed by atoms with Crippen LogP contribution >= 0.6 is 0 Å². The van der Waals surface area contributed by atoms with Crippen molar-refractivity contribution < 1.29 is 34.5 Å². The van der Waals surface area contributed by atoms with Crippen molar-refractivity contribution in [3.8, 4) is 0 Å². The molecule has 1 aromatic carbocycles. The highest BCUT2D eigenvalue weighted by Crippen LogP contribution is 2.20. The third-order valence-electron chi connectivity index (χ3n) is 4.77. The zero-order valence-electron chi connectivity index (χ0n) is 16.9. The number of primary amides is 1. The Morgan fingerprint density at radius 2 is 1.81 bits per heavy atom. The first-order valence-corrected chi connectivity index (χ1v) is 9.59. The van der Waals surface area contributed by atoms with Gasteiger partial charge in [0.25, 0.3) is 0 Å². The molecule has 0 heterocycles. The van der Waals surface area contributed by atoms with E-state index in [4.69, 9.17) is 10.8 Å². The number of amides is 4. The number of carboxylic acids is 1. The summed E-state index contributed by atoms with van der Waals surface area (Å²) in [6, 6.07) is 4.03. The molecular formula is C20H26N4O7. The fraction of sp³-hybridized carbons (Fsp3) is 0.400. The molecule has 2 rings (SSSR count). The second-order valence-corrected chi connectivity index (χ2v) is 7.31. The summed E-state index contributed by atoms with van der Waals surface area (Å²) in [5, 5.41) is 36.4. The van der Waals surface area contributed by atoms with E-state index in [2.05, 4.69) is 16.0 Å². The molecule has 11 nitrogen and oxygen atoms in total. The predicted octanol–water partition coefficient (Wildman–Crippen LogP) is -0.628. The van der Waals surface area contributed by atoms with E-state index in [1.54, 1.807) is 24.3 Å². The second-order valence-electron chi connectivity index (χ2n) is 7.31. The molecule has 0 aliphatic heterocycles. The van der Waals surface area contributed by atoms with Crippen molar-refractivity contribution in [1.82, 2.24) is 10.6 Å². The molecule has 0 radical (unpaired) electrons.